The van der Waals surface area contributed by atoms with Crippen LogP contribution in [0.1, 0.15) is 37.0 Å². The Morgan fingerprint density at radius 3 is 2.58 bits per heavy atom. The minimum Gasteiger partial charge on any atom is -0.389 e. The molecule has 0 amide bonds. The first-order valence-electron chi connectivity index (χ1n) is 6.73. The summed E-state index contributed by atoms with van der Waals surface area (Å²) in [4.78, 5) is 0. The molecule has 0 bridgehead atoms. The maximum absolute atomic E-state index is 10.2. The van der Waals surface area contributed by atoms with E-state index < -0.39 is 6.10 Å². The topological polar surface area (TPSA) is 20.2 Å². The van der Waals surface area contributed by atoms with Gasteiger partial charge in [0.1, 0.15) is 0 Å². The molecule has 1 nitrogen and oxygen atoms in total. The summed E-state index contributed by atoms with van der Waals surface area (Å²) < 4.78 is 0. The zero-order chi connectivity index (χ0) is 13.4. The molecule has 96 valence electrons. The average Bonchev–Trinajstić information content (AvgIpc) is 2.83. The number of aliphatic hydroxyl groups is 1. The van der Waals surface area contributed by atoms with Crippen molar-refractivity contribution in [1.29, 1.82) is 0 Å². The molecule has 0 radical (unpaired) electrons. The van der Waals surface area contributed by atoms with Crippen molar-refractivity contribution in [2.45, 2.75) is 25.9 Å². The van der Waals surface area contributed by atoms with E-state index in [2.05, 4.69) is 49.4 Å². The van der Waals surface area contributed by atoms with Crippen molar-refractivity contribution >= 4 is 10.8 Å². The number of allylic oxidation sites excluding steroid dienone is 4. The van der Waals surface area contributed by atoms with Gasteiger partial charge in [0.2, 0.25) is 0 Å². The Kier molecular flexibility index (Phi) is 3.00. The molecular formula is C18H18O. The molecule has 0 heterocycles. The van der Waals surface area contributed by atoms with Crippen molar-refractivity contribution in [2.75, 3.05) is 0 Å². The molecule has 0 aromatic heterocycles. The minimum atomic E-state index is -0.456. The highest BCUT2D eigenvalue weighted by molar-refractivity contribution is 5.87. The van der Waals surface area contributed by atoms with Gasteiger partial charge in [-0.25, -0.2) is 0 Å². The maximum Gasteiger partial charge on any atom is 0.0770 e. The summed E-state index contributed by atoms with van der Waals surface area (Å²) >= 11 is 0. The van der Waals surface area contributed by atoms with E-state index >= 15 is 0 Å². The summed E-state index contributed by atoms with van der Waals surface area (Å²) in [5, 5.41) is 12.5. The molecule has 0 spiro atoms. The van der Waals surface area contributed by atoms with Crippen molar-refractivity contribution in [3.63, 3.8) is 0 Å². The molecule has 0 saturated heterocycles. The van der Waals surface area contributed by atoms with Crippen LogP contribution in [0.4, 0.5) is 0 Å². The van der Waals surface area contributed by atoms with Crippen LogP contribution in [0.2, 0.25) is 0 Å². The van der Waals surface area contributed by atoms with E-state index in [4.69, 9.17) is 0 Å². The Morgan fingerprint density at radius 1 is 1.11 bits per heavy atom. The average molecular weight is 250 g/mol. The van der Waals surface area contributed by atoms with Gasteiger partial charge in [-0.05, 0) is 35.7 Å². The number of hydrogen-bond donors (Lipinski definition) is 1. The first-order valence-corrected chi connectivity index (χ1v) is 6.73. The first-order chi connectivity index (χ1) is 9.18. The van der Waals surface area contributed by atoms with E-state index in [9.17, 15) is 5.11 Å². The van der Waals surface area contributed by atoms with Crippen LogP contribution in [-0.4, -0.2) is 5.11 Å². The second-order valence-corrected chi connectivity index (χ2v) is 5.24. The zero-order valence-electron chi connectivity index (χ0n) is 11.3. The molecule has 3 rings (SSSR count). The SMILES string of the molecule is CC1=CC=CC1c1ccc2ccccc2c1C(C)O. The van der Waals surface area contributed by atoms with E-state index in [1.807, 2.05) is 19.1 Å². The van der Waals surface area contributed by atoms with E-state index in [1.54, 1.807) is 0 Å². The number of hydrogen-bond acceptors (Lipinski definition) is 1. The van der Waals surface area contributed by atoms with Gasteiger partial charge in [0.25, 0.3) is 0 Å². The van der Waals surface area contributed by atoms with Crippen molar-refractivity contribution in [2.24, 2.45) is 0 Å². The van der Waals surface area contributed by atoms with Crippen LogP contribution in [0.15, 0.2) is 60.2 Å². The third-order valence-corrected chi connectivity index (χ3v) is 3.91. The number of rotatable bonds is 2. The van der Waals surface area contributed by atoms with Gasteiger partial charge in [0.05, 0.1) is 6.10 Å². The van der Waals surface area contributed by atoms with Crippen LogP contribution >= 0.6 is 0 Å². The smallest absolute Gasteiger partial charge is 0.0770 e. The van der Waals surface area contributed by atoms with Crippen LogP contribution in [-0.2, 0) is 0 Å². The molecule has 2 aromatic carbocycles. The lowest BCUT2D eigenvalue weighted by atomic mass is 9.86. The number of aliphatic hydroxyl groups excluding tert-OH is 1. The predicted octanol–water partition coefficient (Wildman–Crippen LogP) is 4.49. The number of benzene rings is 2. The molecule has 0 aliphatic heterocycles. The molecular weight excluding hydrogens is 232 g/mol. The van der Waals surface area contributed by atoms with Crippen LogP contribution in [0, 0.1) is 0 Å². The lowest BCUT2D eigenvalue weighted by molar-refractivity contribution is 0.199. The van der Waals surface area contributed by atoms with Crippen molar-refractivity contribution in [3.8, 4) is 0 Å². The molecule has 0 fully saturated rings. The van der Waals surface area contributed by atoms with Gasteiger partial charge in [-0.3, -0.25) is 0 Å². The summed E-state index contributed by atoms with van der Waals surface area (Å²) in [6.07, 6.45) is 5.99. The molecule has 1 N–H and O–H groups in total. The molecule has 19 heavy (non-hydrogen) atoms. The van der Waals surface area contributed by atoms with Crippen LogP contribution in [0.25, 0.3) is 10.8 Å². The molecule has 1 heteroatoms. The Labute approximate surface area is 113 Å². The Balaban J connectivity index is 2.28. The van der Waals surface area contributed by atoms with E-state index in [1.165, 1.54) is 16.5 Å². The van der Waals surface area contributed by atoms with E-state index in [0.717, 1.165) is 10.9 Å². The quantitative estimate of drug-likeness (QED) is 0.832. The molecule has 2 unspecified atom stereocenters. The second-order valence-electron chi connectivity index (χ2n) is 5.24. The van der Waals surface area contributed by atoms with Crippen LogP contribution in [0.3, 0.4) is 0 Å². The van der Waals surface area contributed by atoms with Gasteiger partial charge in [-0.2, -0.15) is 0 Å². The Bertz CT molecular complexity index is 677. The standard InChI is InChI=1S/C18H18O/c1-12-6-5-9-15(12)17-11-10-14-7-3-4-8-16(14)18(17)13(2)19/h3-11,13,15,19H,1-2H3. The van der Waals surface area contributed by atoms with E-state index in [-0.39, 0.29) is 0 Å². The van der Waals surface area contributed by atoms with Crippen molar-refractivity contribution < 1.29 is 5.11 Å². The summed E-state index contributed by atoms with van der Waals surface area (Å²) in [6, 6.07) is 12.6. The van der Waals surface area contributed by atoms with Crippen molar-refractivity contribution in [1.82, 2.24) is 0 Å². The lowest BCUT2D eigenvalue weighted by Crippen LogP contribution is -2.04. The fraction of sp³-hybridized carbons (Fsp3) is 0.222. The molecule has 2 aromatic rings. The predicted molar refractivity (Wildman–Crippen MR) is 80.2 cm³/mol. The summed E-state index contributed by atoms with van der Waals surface area (Å²) in [6.45, 7) is 3.99. The zero-order valence-corrected chi connectivity index (χ0v) is 11.3. The molecule has 1 aliphatic carbocycles. The fourth-order valence-corrected chi connectivity index (χ4v) is 2.97. The van der Waals surface area contributed by atoms with Gasteiger partial charge < -0.3 is 5.11 Å². The van der Waals surface area contributed by atoms with Gasteiger partial charge in [-0.15, -0.1) is 0 Å². The van der Waals surface area contributed by atoms with Gasteiger partial charge in [0, 0.05) is 5.92 Å². The fourth-order valence-electron chi connectivity index (χ4n) is 2.97. The Hall–Kier alpha value is -1.86. The molecule has 1 aliphatic rings. The van der Waals surface area contributed by atoms with Crippen LogP contribution < -0.4 is 0 Å². The highest BCUT2D eigenvalue weighted by Gasteiger charge is 2.20. The normalized spacial score (nSPS) is 19.7. The molecule has 0 saturated carbocycles. The highest BCUT2D eigenvalue weighted by Crippen LogP contribution is 2.37. The van der Waals surface area contributed by atoms with Gasteiger partial charge in [-0.1, -0.05) is 60.2 Å². The van der Waals surface area contributed by atoms with Gasteiger partial charge >= 0.3 is 0 Å². The third-order valence-electron chi connectivity index (χ3n) is 3.91. The summed E-state index contributed by atoms with van der Waals surface area (Å²) in [5.41, 5.74) is 3.61. The highest BCUT2D eigenvalue weighted by atomic mass is 16.3. The second kappa shape index (κ2) is 4.67. The van der Waals surface area contributed by atoms with Crippen LogP contribution in [0.5, 0.6) is 0 Å². The number of fused-ring (bicyclic) bond motifs is 1. The monoisotopic (exact) mass is 250 g/mol. The first kappa shape index (κ1) is 12.2. The molecule has 2 atom stereocenters. The van der Waals surface area contributed by atoms with Gasteiger partial charge in [0.15, 0.2) is 0 Å². The summed E-state index contributed by atoms with van der Waals surface area (Å²) in [7, 11) is 0. The third kappa shape index (κ3) is 2.00. The Morgan fingerprint density at radius 2 is 1.89 bits per heavy atom. The largest absolute Gasteiger partial charge is 0.389 e. The summed E-state index contributed by atoms with van der Waals surface area (Å²) in [5.74, 6) is 0.300. The lowest BCUT2D eigenvalue weighted by Gasteiger charge is -2.20. The van der Waals surface area contributed by atoms with Crippen molar-refractivity contribution in [3.05, 3.63) is 71.3 Å². The van der Waals surface area contributed by atoms with E-state index in [0.29, 0.717) is 5.92 Å². The maximum atomic E-state index is 10.2. The minimum absolute atomic E-state index is 0.300.